The molecule has 0 radical (unpaired) electrons. The Balaban J connectivity index is 2.30. The number of nitrogens with zero attached hydrogens (tertiary/aromatic N) is 1. The highest BCUT2D eigenvalue weighted by atomic mass is 16.3. The Hall–Kier alpha value is -1.19. The number of aliphatic hydroxyl groups is 2. The first-order valence-electron chi connectivity index (χ1n) is 4.75. The smallest absolute Gasteiger partial charge is 0.105 e. The number of hydrogen-bond acceptors (Lipinski definition) is 3. The van der Waals surface area contributed by atoms with E-state index in [1.54, 1.807) is 12.4 Å². The van der Waals surface area contributed by atoms with Crippen molar-refractivity contribution in [3.05, 3.63) is 36.2 Å². The van der Waals surface area contributed by atoms with E-state index in [4.69, 9.17) is 0 Å². The molecule has 1 heterocycles. The first-order chi connectivity index (χ1) is 6.79. The predicted molar refractivity (Wildman–Crippen MR) is 53.5 cm³/mol. The summed E-state index contributed by atoms with van der Waals surface area (Å²) < 4.78 is 0. The summed E-state index contributed by atoms with van der Waals surface area (Å²) in [7, 11) is 0. The van der Waals surface area contributed by atoms with Gasteiger partial charge in [-0.3, -0.25) is 4.98 Å². The van der Waals surface area contributed by atoms with Gasteiger partial charge < -0.3 is 10.2 Å². The maximum absolute atomic E-state index is 9.74. The molecule has 3 heteroatoms. The Labute approximate surface area is 82.7 Å². The number of aromatic nitrogens is 1. The zero-order valence-corrected chi connectivity index (χ0v) is 7.80. The lowest BCUT2D eigenvalue weighted by Crippen LogP contribution is -2.29. The molecule has 0 saturated heterocycles. The van der Waals surface area contributed by atoms with E-state index in [1.807, 2.05) is 18.2 Å². The molecule has 0 spiro atoms. The Kier molecular flexibility index (Phi) is 2.61. The van der Waals surface area contributed by atoms with Gasteiger partial charge >= 0.3 is 0 Å². The van der Waals surface area contributed by atoms with E-state index < -0.39 is 12.2 Å². The van der Waals surface area contributed by atoms with Gasteiger partial charge in [0, 0.05) is 12.4 Å². The van der Waals surface area contributed by atoms with Crippen LogP contribution in [0.3, 0.4) is 0 Å². The molecule has 0 amide bonds. The lowest BCUT2D eigenvalue weighted by Gasteiger charge is -2.24. The molecule has 1 aromatic rings. The second-order valence-corrected chi connectivity index (χ2v) is 3.49. The van der Waals surface area contributed by atoms with Crippen LogP contribution in [0.1, 0.15) is 18.4 Å². The SMILES string of the molecule is O[C@@H]1C(c2cccnc2)=CCC[C@@H]1O. The normalized spacial score (nSPS) is 27.1. The van der Waals surface area contributed by atoms with Gasteiger partial charge in [0.15, 0.2) is 0 Å². The largest absolute Gasteiger partial charge is 0.390 e. The summed E-state index contributed by atoms with van der Waals surface area (Å²) in [5.74, 6) is 0. The topological polar surface area (TPSA) is 53.4 Å². The van der Waals surface area contributed by atoms with Crippen LogP contribution in [0.4, 0.5) is 0 Å². The standard InChI is InChI=1S/C11H13NO2/c13-10-5-1-4-9(11(10)14)8-3-2-6-12-7-8/h2-4,6-7,10-11,13-14H,1,5H2/t10-,11+/m0/s1. The number of rotatable bonds is 1. The van der Waals surface area contributed by atoms with Gasteiger partial charge in [-0.2, -0.15) is 0 Å². The third-order valence-corrected chi connectivity index (χ3v) is 2.50. The molecule has 0 bridgehead atoms. The fourth-order valence-electron chi connectivity index (χ4n) is 1.72. The number of aliphatic hydroxyl groups excluding tert-OH is 2. The van der Waals surface area contributed by atoms with Crippen molar-refractivity contribution in [2.45, 2.75) is 25.0 Å². The molecule has 1 aliphatic rings. The van der Waals surface area contributed by atoms with E-state index in [-0.39, 0.29) is 0 Å². The van der Waals surface area contributed by atoms with Gasteiger partial charge in [0.1, 0.15) is 6.10 Å². The second-order valence-electron chi connectivity index (χ2n) is 3.49. The van der Waals surface area contributed by atoms with Crippen molar-refractivity contribution >= 4 is 5.57 Å². The molecular formula is C11H13NO2. The summed E-state index contributed by atoms with van der Waals surface area (Å²) in [6, 6.07) is 3.71. The van der Waals surface area contributed by atoms with Crippen LogP contribution in [0, 0.1) is 0 Å². The highest BCUT2D eigenvalue weighted by Gasteiger charge is 2.24. The van der Waals surface area contributed by atoms with Crippen molar-refractivity contribution < 1.29 is 10.2 Å². The zero-order chi connectivity index (χ0) is 9.97. The molecule has 2 atom stereocenters. The molecule has 0 aliphatic heterocycles. The van der Waals surface area contributed by atoms with Crippen LogP contribution in [0.25, 0.3) is 5.57 Å². The van der Waals surface area contributed by atoms with Gasteiger partial charge in [-0.05, 0) is 30.0 Å². The lowest BCUT2D eigenvalue weighted by molar-refractivity contribution is 0.0453. The van der Waals surface area contributed by atoms with Crippen molar-refractivity contribution in [1.29, 1.82) is 0 Å². The van der Waals surface area contributed by atoms with Crippen LogP contribution in [0.2, 0.25) is 0 Å². The average molecular weight is 191 g/mol. The molecule has 74 valence electrons. The fraction of sp³-hybridized carbons (Fsp3) is 0.364. The van der Waals surface area contributed by atoms with Crippen molar-refractivity contribution in [2.24, 2.45) is 0 Å². The van der Waals surface area contributed by atoms with Crippen molar-refractivity contribution in [3.8, 4) is 0 Å². The monoisotopic (exact) mass is 191 g/mol. The highest BCUT2D eigenvalue weighted by Crippen LogP contribution is 2.26. The fourth-order valence-corrected chi connectivity index (χ4v) is 1.72. The Morgan fingerprint density at radius 2 is 2.21 bits per heavy atom. The predicted octanol–water partition coefficient (Wildman–Crippen LogP) is 0.981. The number of pyridine rings is 1. The molecule has 0 unspecified atom stereocenters. The van der Waals surface area contributed by atoms with Gasteiger partial charge in [0.25, 0.3) is 0 Å². The summed E-state index contributed by atoms with van der Waals surface area (Å²) in [5, 5.41) is 19.2. The molecule has 0 fully saturated rings. The van der Waals surface area contributed by atoms with Crippen LogP contribution in [-0.4, -0.2) is 27.4 Å². The van der Waals surface area contributed by atoms with E-state index in [2.05, 4.69) is 4.98 Å². The van der Waals surface area contributed by atoms with Gasteiger partial charge in [-0.25, -0.2) is 0 Å². The minimum absolute atomic E-state index is 0.630. The van der Waals surface area contributed by atoms with Crippen molar-refractivity contribution in [1.82, 2.24) is 4.98 Å². The molecule has 2 rings (SSSR count). The number of hydrogen-bond donors (Lipinski definition) is 2. The Morgan fingerprint density at radius 3 is 2.93 bits per heavy atom. The van der Waals surface area contributed by atoms with Gasteiger partial charge in [-0.15, -0.1) is 0 Å². The summed E-state index contributed by atoms with van der Waals surface area (Å²) in [6.07, 6.45) is 5.38. The molecule has 3 nitrogen and oxygen atoms in total. The van der Waals surface area contributed by atoms with E-state index in [9.17, 15) is 10.2 Å². The minimum Gasteiger partial charge on any atom is -0.390 e. The summed E-state index contributed by atoms with van der Waals surface area (Å²) in [5.41, 5.74) is 1.68. The average Bonchev–Trinajstić information content (AvgIpc) is 2.23. The Morgan fingerprint density at radius 1 is 1.36 bits per heavy atom. The van der Waals surface area contributed by atoms with Crippen LogP contribution in [0.15, 0.2) is 30.6 Å². The van der Waals surface area contributed by atoms with Gasteiger partial charge in [0.05, 0.1) is 6.10 Å². The van der Waals surface area contributed by atoms with Crippen LogP contribution < -0.4 is 0 Å². The Bertz CT molecular complexity index is 334. The second kappa shape index (κ2) is 3.90. The van der Waals surface area contributed by atoms with Gasteiger partial charge in [0.2, 0.25) is 0 Å². The van der Waals surface area contributed by atoms with Crippen LogP contribution >= 0.6 is 0 Å². The maximum Gasteiger partial charge on any atom is 0.105 e. The van der Waals surface area contributed by atoms with E-state index >= 15 is 0 Å². The van der Waals surface area contributed by atoms with Crippen LogP contribution in [-0.2, 0) is 0 Å². The van der Waals surface area contributed by atoms with Crippen molar-refractivity contribution in [3.63, 3.8) is 0 Å². The van der Waals surface area contributed by atoms with Crippen LogP contribution in [0.5, 0.6) is 0 Å². The van der Waals surface area contributed by atoms with E-state index in [1.165, 1.54) is 0 Å². The molecule has 2 N–H and O–H groups in total. The molecule has 1 aliphatic carbocycles. The third kappa shape index (κ3) is 1.69. The molecule has 0 saturated carbocycles. The molecule has 14 heavy (non-hydrogen) atoms. The maximum atomic E-state index is 9.74. The molecule has 0 aromatic carbocycles. The first-order valence-corrected chi connectivity index (χ1v) is 4.75. The molecular weight excluding hydrogens is 178 g/mol. The molecule has 1 aromatic heterocycles. The van der Waals surface area contributed by atoms with Crippen molar-refractivity contribution in [2.75, 3.05) is 0 Å². The summed E-state index contributed by atoms with van der Waals surface area (Å²) >= 11 is 0. The third-order valence-electron chi connectivity index (χ3n) is 2.50. The van der Waals surface area contributed by atoms with Gasteiger partial charge in [-0.1, -0.05) is 12.1 Å². The zero-order valence-electron chi connectivity index (χ0n) is 7.80. The first kappa shape index (κ1) is 9.37. The lowest BCUT2D eigenvalue weighted by atomic mass is 9.90. The highest BCUT2D eigenvalue weighted by molar-refractivity contribution is 5.69. The minimum atomic E-state index is -0.770. The van der Waals surface area contributed by atoms with E-state index in [0.717, 1.165) is 17.6 Å². The number of allylic oxidation sites excluding steroid dienone is 1. The van der Waals surface area contributed by atoms with E-state index in [0.29, 0.717) is 6.42 Å². The quantitative estimate of drug-likeness (QED) is 0.695. The summed E-state index contributed by atoms with van der Waals surface area (Å²) in [6.45, 7) is 0. The summed E-state index contributed by atoms with van der Waals surface area (Å²) in [4.78, 5) is 3.99.